The van der Waals surface area contributed by atoms with E-state index in [0.717, 1.165) is 24.1 Å². The summed E-state index contributed by atoms with van der Waals surface area (Å²) in [6.45, 7) is 2.39. The third kappa shape index (κ3) is 3.52. The minimum Gasteiger partial charge on any atom is -0.481 e. The molecule has 134 valence electrons. The lowest BCUT2D eigenvalue weighted by atomic mass is 10.0. The maximum atomic E-state index is 12.6. The normalized spacial score (nSPS) is 26.0. The second-order valence-electron chi connectivity index (χ2n) is 6.88. The molecule has 1 saturated heterocycles. The molecule has 1 aromatic rings. The predicted octanol–water partition coefficient (Wildman–Crippen LogP) is 1.97. The monoisotopic (exact) mass is 344 g/mol. The Labute approximate surface area is 147 Å². The lowest BCUT2D eigenvalue weighted by molar-refractivity contribution is -0.142. The summed E-state index contributed by atoms with van der Waals surface area (Å²) >= 11 is 0. The van der Waals surface area contributed by atoms with Crippen LogP contribution >= 0.6 is 0 Å². The van der Waals surface area contributed by atoms with Crippen molar-refractivity contribution in [1.29, 1.82) is 0 Å². The minimum absolute atomic E-state index is 0.0535. The van der Waals surface area contributed by atoms with E-state index in [-0.39, 0.29) is 24.3 Å². The lowest BCUT2D eigenvalue weighted by Crippen LogP contribution is -2.43. The zero-order chi connectivity index (χ0) is 18.0. The fourth-order valence-electron chi connectivity index (χ4n) is 3.92. The first-order chi connectivity index (χ1) is 12.0. The van der Waals surface area contributed by atoms with Crippen molar-refractivity contribution in [1.82, 2.24) is 5.32 Å². The molecular formula is C19H24N2O4. The smallest absolute Gasteiger partial charge is 0.308 e. The summed E-state index contributed by atoms with van der Waals surface area (Å²) in [5.41, 5.74) is 1.95. The van der Waals surface area contributed by atoms with E-state index in [1.165, 1.54) is 0 Å². The number of nitrogens with one attached hydrogen (secondary N) is 1. The SMILES string of the molecule is CCc1ccccc1N1CC(C(=O)N[C@@H]2CCC[C@@H]2C(=O)O)CC1=O. The highest BCUT2D eigenvalue weighted by Crippen LogP contribution is 2.30. The van der Waals surface area contributed by atoms with E-state index in [4.69, 9.17) is 0 Å². The van der Waals surface area contributed by atoms with E-state index in [9.17, 15) is 19.5 Å². The van der Waals surface area contributed by atoms with E-state index in [1.54, 1.807) is 4.90 Å². The number of rotatable bonds is 5. The molecule has 0 bridgehead atoms. The van der Waals surface area contributed by atoms with Crippen molar-refractivity contribution in [3.63, 3.8) is 0 Å². The fourth-order valence-corrected chi connectivity index (χ4v) is 3.92. The van der Waals surface area contributed by atoms with Crippen molar-refractivity contribution < 1.29 is 19.5 Å². The third-order valence-electron chi connectivity index (χ3n) is 5.32. The van der Waals surface area contributed by atoms with Crippen molar-refractivity contribution in [2.75, 3.05) is 11.4 Å². The van der Waals surface area contributed by atoms with Gasteiger partial charge in [-0.1, -0.05) is 31.5 Å². The van der Waals surface area contributed by atoms with E-state index in [0.29, 0.717) is 19.4 Å². The highest BCUT2D eigenvalue weighted by Gasteiger charge is 2.39. The van der Waals surface area contributed by atoms with Gasteiger partial charge in [-0.05, 0) is 30.9 Å². The van der Waals surface area contributed by atoms with Gasteiger partial charge in [0, 0.05) is 24.7 Å². The molecule has 1 aliphatic heterocycles. The van der Waals surface area contributed by atoms with E-state index in [2.05, 4.69) is 5.32 Å². The molecular weight excluding hydrogens is 320 g/mol. The summed E-state index contributed by atoms with van der Waals surface area (Å²) in [5.74, 6) is -2.06. The highest BCUT2D eigenvalue weighted by atomic mass is 16.4. The van der Waals surface area contributed by atoms with Crippen LogP contribution in [0.5, 0.6) is 0 Å². The van der Waals surface area contributed by atoms with Crippen LogP contribution in [0.25, 0.3) is 0 Å². The number of aliphatic carboxylic acids is 1. The Balaban J connectivity index is 1.68. The Morgan fingerprint density at radius 3 is 2.76 bits per heavy atom. The summed E-state index contributed by atoms with van der Waals surface area (Å²) in [6.07, 6.45) is 3.08. The average Bonchev–Trinajstić information content (AvgIpc) is 3.21. The van der Waals surface area contributed by atoms with Crippen LogP contribution in [0.4, 0.5) is 5.69 Å². The van der Waals surface area contributed by atoms with Gasteiger partial charge in [-0.2, -0.15) is 0 Å². The van der Waals surface area contributed by atoms with Gasteiger partial charge in [0.1, 0.15) is 0 Å². The summed E-state index contributed by atoms with van der Waals surface area (Å²) in [7, 11) is 0. The van der Waals surface area contributed by atoms with Gasteiger partial charge in [0.2, 0.25) is 11.8 Å². The summed E-state index contributed by atoms with van der Waals surface area (Å²) in [6, 6.07) is 7.42. The standard InChI is InChI=1S/C19H24N2O4/c1-2-12-6-3-4-9-16(12)21-11-13(10-17(21)22)18(23)20-15-8-5-7-14(15)19(24)25/h3-4,6,9,13-15H,2,5,7-8,10-11H2,1H3,(H,20,23)(H,24,25)/t13?,14-,15+/m0/s1. The van der Waals surface area contributed by atoms with Crippen molar-refractivity contribution in [3.8, 4) is 0 Å². The first-order valence-electron chi connectivity index (χ1n) is 8.92. The average molecular weight is 344 g/mol. The molecule has 2 aliphatic rings. The van der Waals surface area contributed by atoms with E-state index < -0.39 is 17.8 Å². The van der Waals surface area contributed by atoms with E-state index in [1.807, 2.05) is 31.2 Å². The second-order valence-corrected chi connectivity index (χ2v) is 6.88. The van der Waals surface area contributed by atoms with Gasteiger partial charge in [0.05, 0.1) is 11.8 Å². The maximum Gasteiger partial charge on any atom is 0.308 e. The molecule has 2 amide bonds. The third-order valence-corrected chi connectivity index (χ3v) is 5.32. The number of carbonyl (C=O) groups excluding carboxylic acids is 2. The molecule has 0 spiro atoms. The molecule has 1 aliphatic carbocycles. The van der Waals surface area contributed by atoms with Crippen LogP contribution in [0.2, 0.25) is 0 Å². The van der Waals surface area contributed by atoms with Gasteiger partial charge in [-0.3, -0.25) is 14.4 Å². The maximum absolute atomic E-state index is 12.6. The number of benzene rings is 1. The van der Waals surface area contributed by atoms with Crippen LogP contribution in [0.1, 0.15) is 38.2 Å². The van der Waals surface area contributed by atoms with Gasteiger partial charge in [-0.15, -0.1) is 0 Å². The molecule has 1 aromatic carbocycles. The van der Waals surface area contributed by atoms with Gasteiger partial charge >= 0.3 is 5.97 Å². The highest BCUT2D eigenvalue weighted by molar-refractivity contribution is 6.01. The molecule has 25 heavy (non-hydrogen) atoms. The van der Waals surface area contributed by atoms with Crippen LogP contribution in [0, 0.1) is 11.8 Å². The molecule has 1 heterocycles. The van der Waals surface area contributed by atoms with Gasteiger partial charge < -0.3 is 15.3 Å². The molecule has 2 fully saturated rings. The van der Waals surface area contributed by atoms with Crippen molar-refractivity contribution in [3.05, 3.63) is 29.8 Å². The number of para-hydroxylation sites is 1. The number of carboxylic acid groups (broad SMARTS) is 1. The van der Waals surface area contributed by atoms with Gasteiger partial charge in [0.15, 0.2) is 0 Å². The van der Waals surface area contributed by atoms with E-state index >= 15 is 0 Å². The summed E-state index contributed by atoms with van der Waals surface area (Å²) < 4.78 is 0. The Bertz CT molecular complexity index is 688. The number of aryl methyl sites for hydroxylation is 1. The largest absolute Gasteiger partial charge is 0.481 e. The molecule has 0 radical (unpaired) electrons. The zero-order valence-corrected chi connectivity index (χ0v) is 14.4. The molecule has 1 unspecified atom stereocenters. The molecule has 0 aromatic heterocycles. The van der Waals surface area contributed by atoms with Crippen molar-refractivity contribution >= 4 is 23.5 Å². The summed E-state index contributed by atoms with van der Waals surface area (Å²) in [4.78, 5) is 37.9. The van der Waals surface area contributed by atoms with Gasteiger partial charge in [0.25, 0.3) is 0 Å². The number of carboxylic acids is 1. The molecule has 3 rings (SSSR count). The molecule has 2 N–H and O–H groups in total. The second kappa shape index (κ2) is 7.25. The number of hydrogen-bond donors (Lipinski definition) is 2. The topological polar surface area (TPSA) is 86.7 Å². The number of carbonyl (C=O) groups is 3. The molecule has 3 atom stereocenters. The molecule has 6 nitrogen and oxygen atoms in total. The Hall–Kier alpha value is -2.37. The first-order valence-corrected chi connectivity index (χ1v) is 8.92. The van der Waals surface area contributed by atoms with Crippen LogP contribution in [-0.2, 0) is 20.8 Å². The number of hydrogen-bond acceptors (Lipinski definition) is 3. The zero-order valence-electron chi connectivity index (χ0n) is 14.4. The van der Waals surface area contributed by atoms with Crippen LogP contribution < -0.4 is 10.2 Å². The Morgan fingerprint density at radius 1 is 1.28 bits per heavy atom. The summed E-state index contributed by atoms with van der Waals surface area (Å²) in [5, 5.41) is 12.1. The Kier molecular flexibility index (Phi) is 5.06. The minimum atomic E-state index is -0.858. The number of amides is 2. The van der Waals surface area contributed by atoms with Crippen molar-refractivity contribution in [2.45, 2.75) is 45.1 Å². The molecule has 6 heteroatoms. The molecule has 1 saturated carbocycles. The van der Waals surface area contributed by atoms with Gasteiger partial charge in [-0.25, -0.2) is 0 Å². The predicted molar refractivity (Wildman–Crippen MR) is 93.2 cm³/mol. The first kappa shape index (κ1) is 17.5. The number of nitrogens with zero attached hydrogens (tertiary/aromatic N) is 1. The van der Waals surface area contributed by atoms with Crippen LogP contribution in [0.3, 0.4) is 0 Å². The quantitative estimate of drug-likeness (QED) is 0.855. The van der Waals surface area contributed by atoms with Crippen LogP contribution in [0.15, 0.2) is 24.3 Å². The van der Waals surface area contributed by atoms with Crippen molar-refractivity contribution in [2.24, 2.45) is 11.8 Å². The Morgan fingerprint density at radius 2 is 2.04 bits per heavy atom. The number of anilines is 1. The lowest BCUT2D eigenvalue weighted by Gasteiger charge is -2.21. The van der Waals surface area contributed by atoms with Crippen LogP contribution in [-0.4, -0.2) is 35.5 Å². The fraction of sp³-hybridized carbons (Fsp3) is 0.526.